The predicted octanol–water partition coefficient (Wildman–Crippen LogP) is 9.13. The molecule has 2 heterocycles. The molecule has 0 aromatic rings. The van der Waals surface area contributed by atoms with E-state index in [0.717, 1.165) is 70.6 Å². The zero-order valence-corrected chi connectivity index (χ0v) is 43.5. The van der Waals surface area contributed by atoms with Crippen LogP contribution in [0, 0.1) is 0 Å². The highest BCUT2D eigenvalue weighted by molar-refractivity contribution is 5.69. The lowest BCUT2D eigenvalue weighted by Crippen LogP contribution is -2.61. The van der Waals surface area contributed by atoms with Gasteiger partial charge in [-0.05, 0) is 51.4 Å². The first-order valence-corrected chi connectivity index (χ1v) is 27.7. The van der Waals surface area contributed by atoms with Gasteiger partial charge in [0.25, 0.3) is 0 Å². The first kappa shape index (κ1) is 64.1. The summed E-state index contributed by atoms with van der Waals surface area (Å²) in [4.78, 5) is 13.1. The van der Waals surface area contributed by atoms with Gasteiger partial charge in [-0.25, -0.2) is 0 Å². The van der Waals surface area contributed by atoms with Gasteiger partial charge in [-0.15, -0.1) is 0 Å². The number of carbonyl (C=O) groups excluding carboxylic acids is 1. The van der Waals surface area contributed by atoms with Gasteiger partial charge >= 0.3 is 5.97 Å². The highest BCUT2D eigenvalue weighted by Gasteiger charge is 2.47. The molecule has 408 valence electrons. The SMILES string of the molecule is CC/C=C\C/C=C\C/C=C\C/C=C\CCCCCCCCCCC(=O)OC(COCCCCCCCCCCCCCCCCC)COC1OC(COC2OC(CO)C(O)C(O)C2O)C(O)C(O)C1O. The maximum atomic E-state index is 13.1. The molecule has 0 amide bonds. The summed E-state index contributed by atoms with van der Waals surface area (Å²) in [6.45, 7) is 3.59. The lowest BCUT2D eigenvalue weighted by Gasteiger charge is -2.42. The van der Waals surface area contributed by atoms with Gasteiger partial charge in [0.1, 0.15) is 54.9 Å². The van der Waals surface area contributed by atoms with Crippen molar-refractivity contribution in [1.29, 1.82) is 0 Å². The average Bonchev–Trinajstić information content (AvgIpc) is 3.36. The number of hydrogen-bond donors (Lipinski definition) is 7. The van der Waals surface area contributed by atoms with Crippen LogP contribution in [-0.2, 0) is 33.2 Å². The number of rotatable bonds is 44. The molecule has 0 spiro atoms. The third-order valence-electron chi connectivity index (χ3n) is 13.1. The average molecular weight is 997 g/mol. The van der Waals surface area contributed by atoms with Crippen molar-refractivity contribution in [2.24, 2.45) is 0 Å². The van der Waals surface area contributed by atoms with Crippen LogP contribution in [0.2, 0.25) is 0 Å². The number of esters is 1. The Kier molecular flexibility index (Phi) is 39.7. The quantitative estimate of drug-likeness (QED) is 0.0172. The van der Waals surface area contributed by atoms with Gasteiger partial charge in [0.15, 0.2) is 12.6 Å². The van der Waals surface area contributed by atoms with Crippen molar-refractivity contribution in [3.8, 4) is 0 Å². The van der Waals surface area contributed by atoms with Crippen LogP contribution >= 0.6 is 0 Å². The van der Waals surface area contributed by atoms with E-state index in [0.29, 0.717) is 13.0 Å². The number of aliphatic hydroxyl groups excluding tert-OH is 7. The van der Waals surface area contributed by atoms with Gasteiger partial charge in [0.2, 0.25) is 0 Å². The first-order valence-electron chi connectivity index (χ1n) is 27.7. The summed E-state index contributed by atoms with van der Waals surface area (Å²) >= 11 is 0. The summed E-state index contributed by atoms with van der Waals surface area (Å²) < 4.78 is 34.3. The number of unbranched alkanes of at least 4 members (excludes halogenated alkanes) is 22. The molecule has 11 unspecified atom stereocenters. The number of allylic oxidation sites excluding steroid dienone is 8. The van der Waals surface area contributed by atoms with Crippen LogP contribution in [0.1, 0.15) is 200 Å². The Morgan fingerprint density at radius 1 is 0.486 bits per heavy atom. The number of hydrogen-bond acceptors (Lipinski definition) is 14. The van der Waals surface area contributed by atoms with E-state index in [9.17, 15) is 40.5 Å². The molecule has 0 saturated carbocycles. The molecule has 0 aromatic heterocycles. The predicted molar refractivity (Wildman–Crippen MR) is 275 cm³/mol. The molecule has 0 bridgehead atoms. The number of ether oxygens (including phenoxy) is 6. The molecule has 14 heteroatoms. The third kappa shape index (κ3) is 30.2. The first-order chi connectivity index (χ1) is 34.1. The molecule has 0 radical (unpaired) electrons. The Labute approximate surface area is 422 Å². The molecule has 70 heavy (non-hydrogen) atoms. The van der Waals surface area contributed by atoms with Gasteiger partial charge in [-0.3, -0.25) is 4.79 Å². The van der Waals surface area contributed by atoms with E-state index in [1.807, 2.05) is 0 Å². The minimum atomic E-state index is -1.71. The van der Waals surface area contributed by atoms with Crippen LogP contribution in [0.25, 0.3) is 0 Å². The molecule has 2 saturated heterocycles. The van der Waals surface area contributed by atoms with Crippen LogP contribution < -0.4 is 0 Å². The van der Waals surface area contributed by atoms with Crippen LogP contribution in [0.4, 0.5) is 0 Å². The maximum Gasteiger partial charge on any atom is 0.306 e. The van der Waals surface area contributed by atoms with Crippen molar-refractivity contribution < 1.29 is 69.0 Å². The Bertz CT molecular complexity index is 1340. The van der Waals surface area contributed by atoms with Crippen molar-refractivity contribution >= 4 is 5.97 Å². The van der Waals surface area contributed by atoms with Crippen molar-refractivity contribution in [3.63, 3.8) is 0 Å². The van der Waals surface area contributed by atoms with E-state index < -0.39 is 80.7 Å². The second-order valence-electron chi connectivity index (χ2n) is 19.4. The zero-order chi connectivity index (χ0) is 50.9. The molecule has 2 aliphatic heterocycles. The normalized spacial score (nSPS) is 25.8. The van der Waals surface area contributed by atoms with E-state index in [2.05, 4.69) is 62.5 Å². The smallest absolute Gasteiger partial charge is 0.306 e. The summed E-state index contributed by atoms with van der Waals surface area (Å²) in [6.07, 6.45) is 34.5. The minimum absolute atomic E-state index is 0.0598. The van der Waals surface area contributed by atoms with E-state index in [1.54, 1.807) is 0 Å². The van der Waals surface area contributed by atoms with Crippen LogP contribution in [-0.4, -0.2) is 142 Å². The summed E-state index contributed by atoms with van der Waals surface area (Å²) in [5.74, 6) is -0.383. The van der Waals surface area contributed by atoms with Crippen molar-refractivity contribution in [2.45, 2.75) is 268 Å². The van der Waals surface area contributed by atoms with E-state index in [-0.39, 0.29) is 25.6 Å². The van der Waals surface area contributed by atoms with E-state index >= 15 is 0 Å². The second-order valence-corrected chi connectivity index (χ2v) is 19.4. The Morgan fingerprint density at radius 2 is 0.929 bits per heavy atom. The van der Waals surface area contributed by atoms with Crippen molar-refractivity contribution in [1.82, 2.24) is 0 Å². The molecule has 14 nitrogen and oxygen atoms in total. The number of aliphatic hydroxyl groups is 7. The fraction of sp³-hybridized carbons (Fsp3) is 0.839. The largest absolute Gasteiger partial charge is 0.457 e. The minimum Gasteiger partial charge on any atom is -0.457 e. The van der Waals surface area contributed by atoms with Gasteiger partial charge in [-0.1, -0.05) is 191 Å². The van der Waals surface area contributed by atoms with Crippen molar-refractivity contribution in [2.75, 3.05) is 33.0 Å². The van der Waals surface area contributed by atoms with Gasteiger partial charge in [-0.2, -0.15) is 0 Å². The highest BCUT2D eigenvalue weighted by atomic mass is 16.7. The Morgan fingerprint density at radius 3 is 1.46 bits per heavy atom. The Hall–Kier alpha value is -2.05. The fourth-order valence-corrected chi connectivity index (χ4v) is 8.63. The lowest BCUT2D eigenvalue weighted by atomic mass is 9.98. The van der Waals surface area contributed by atoms with E-state index in [4.69, 9.17) is 28.4 Å². The van der Waals surface area contributed by atoms with Crippen LogP contribution in [0.3, 0.4) is 0 Å². The molecule has 11 atom stereocenters. The second kappa shape index (κ2) is 43.4. The Balaban J connectivity index is 1.73. The zero-order valence-electron chi connectivity index (χ0n) is 43.5. The third-order valence-corrected chi connectivity index (χ3v) is 13.1. The van der Waals surface area contributed by atoms with Gasteiger partial charge < -0.3 is 64.2 Å². The molecular formula is C56H100O14. The summed E-state index contributed by atoms with van der Waals surface area (Å²) in [5.41, 5.74) is 0. The van der Waals surface area contributed by atoms with Crippen LogP contribution in [0.15, 0.2) is 48.6 Å². The molecule has 2 fully saturated rings. The standard InChI is InChI=1S/C56H100O14/c1-3-5-7-9-11-13-15-17-19-20-21-22-23-24-25-27-29-31-33-35-37-39-48(58)68-45(42-65-40-38-36-34-32-30-28-26-18-16-14-12-10-8-6-4-2)43-66-55-54(64)52(62)50(60)47(70-55)44-67-56-53(63)51(61)49(59)46(41-57)69-56/h5,7,11,13,17,19,21-22,45-47,49-57,59-64H,3-4,6,8-10,12,14-16,18,20,23-44H2,1-2H3/b7-5-,13-11-,19-17-,22-21-. The van der Waals surface area contributed by atoms with Crippen LogP contribution in [0.5, 0.6) is 0 Å². The van der Waals surface area contributed by atoms with Gasteiger partial charge in [0.05, 0.1) is 26.4 Å². The van der Waals surface area contributed by atoms with Gasteiger partial charge in [0, 0.05) is 13.0 Å². The number of carbonyl (C=O) groups is 1. The summed E-state index contributed by atoms with van der Waals surface area (Å²) in [6, 6.07) is 0. The molecule has 2 aliphatic rings. The lowest BCUT2D eigenvalue weighted by molar-refractivity contribution is -0.332. The monoisotopic (exact) mass is 997 g/mol. The maximum absolute atomic E-state index is 13.1. The van der Waals surface area contributed by atoms with E-state index in [1.165, 1.54) is 103 Å². The summed E-state index contributed by atoms with van der Waals surface area (Å²) in [7, 11) is 0. The topological polar surface area (TPSA) is 214 Å². The summed E-state index contributed by atoms with van der Waals surface area (Å²) in [5, 5.41) is 72.2. The molecule has 2 rings (SSSR count). The molecule has 7 N–H and O–H groups in total. The highest BCUT2D eigenvalue weighted by Crippen LogP contribution is 2.26. The molecule has 0 aromatic carbocycles. The fourth-order valence-electron chi connectivity index (χ4n) is 8.63. The van der Waals surface area contributed by atoms with Crippen molar-refractivity contribution in [3.05, 3.63) is 48.6 Å². The molecule has 0 aliphatic carbocycles. The molecular weight excluding hydrogens is 897 g/mol.